The molecule has 216 valence electrons. The molecule has 0 spiro atoms. The summed E-state index contributed by atoms with van der Waals surface area (Å²) in [7, 11) is 2.02. The quantitative estimate of drug-likeness (QED) is 0.337. The van der Waals surface area contributed by atoms with E-state index < -0.39 is 47.0 Å². The number of aliphatic carboxylic acids is 1. The van der Waals surface area contributed by atoms with Gasteiger partial charge in [-0.15, -0.1) is 0 Å². The lowest BCUT2D eigenvalue weighted by Crippen LogP contribution is -2.32. The van der Waals surface area contributed by atoms with E-state index in [4.69, 9.17) is 0 Å². The molecule has 41 heavy (non-hydrogen) atoms. The number of benzene rings is 2. The van der Waals surface area contributed by atoms with Gasteiger partial charge in [0, 0.05) is 48.7 Å². The Morgan fingerprint density at radius 2 is 1.88 bits per heavy atom. The molecule has 0 amide bonds. The highest BCUT2D eigenvalue weighted by Crippen LogP contribution is 2.50. The normalized spacial score (nSPS) is 20.6. The highest BCUT2D eigenvalue weighted by atomic mass is 19.4. The molecule has 1 atom stereocenters. The van der Waals surface area contributed by atoms with Gasteiger partial charge in [-0.2, -0.15) is 18.2 Å². The van der Waals surface area contributed by atoms with Crippen LogP contribution in [-0.4, -0.2) is 46.1 Å². The van der Waals surface area contributed by atoms with Gasteiger partial charge in [0.25, 0.3) is 0 Å². The summed E-state index contributed by atoms with van der Waals surface area (Å²) in [5.41, 5.74) is 1.70. The number of fused-ring (bicyclic) bond motifs is 2. The molecular formula is C29H28F5N5O2. The average molecular weight is 574 g/mol. The van der Waals surface area contributed by atoms with Crippen molar-refractivity contribution < 1.29 is 31.9 Å². The smallest absolute Gasteiger partial charge is 0.421 e. The van der Waals surface area contributed by atoms with Crippen molar-refractivity contribution in [1.29, 1.82) is 0 Å². The monoisotopic (exact) mass is 573 g/mol. The number of rotatable bonds is 6. The third-order valence-corrected chi connectivity index (χ3v) is 8.20. The number of hydrogen-bond donors (Lipinski definition) is 2. The summed E-state index contributed by atoms with van der Waals surface area (Å²) in [6.07, 6.45) is -1.77. The third-order valence-electron chi connectivity index (χ3n) is 8.20. The molecule has 0 radical (unpaired) electrons. The number of hydrogen-bond acceptors (Lipinski definition) is 6. The fourth-order valence-electron chi connectivity index (χ4n) is 6.01. The minimum absolute atomic E-state index is 0.0710. The zero-order valence-electron chi connectivity index (χ0n) is 22.4. The maximum Gasteiger partial charge on any atom is 0.421 e. The molecule has 0 saturated heterocycles. The molecule has 1 unspecified atom stereocenters. The molecule has 12 heteroatoms. The lowest BCUT2D eigenvalue weighted by Gasteiger charge is -2.27. The molecular weight excluding hydrogens is 545 g/mol. The first-order chi connectivity index (χ1) is 19.3. The highest BCUT2D eigenvalue weighted by molar-refractivity contribution is 5.78. The van der Waals surface area contributed by atoms with Crippen LogP contribution in [0.5, 0.6) is 0 Å². The molecule has 1 aliphatic carbocycles. The Labute approximate surface area is 233 Å². The highest BCUT2D eigenvalue weighted by Gasteiger charge is 2.46. The average Bonchev–Trinajstić information content (AvgIpc) is 3.69. The molecule has 1 fully saturated rings. The number of carbonyl (C=O) groups is 1. The third kappa shape index (κ3) is 5.09. The summed E-state index contributed by atoms with van der Waals surface area (Å²) >= 11 is 0. The van der Waals surface area contributed by atoms with Crippen LogP contribution in [0.2, 0.25) is 0 Å². The first kappa shape index (κ1) is 27.4. The summed E-state index contributed by atoms with van der Waals surface area (Å²) < 4.78 is 71.3. The summed E-state index contributed by atoms with van der Waals surface area (Å²) in [5.74, 6) is -4.01. The second-order valence-corrected chi connectivity index (χ2v) is 11.5. The van der Waals surface area contributed by atoms with Crippen LogP contribution in [0.1, 0.15) is 59.9 Å². The number of nitrogens with zero attached hydrogens (tertiary/aromatic N) is 4. The largest absolute Gasteiger partial charge is 0.481 e. The summed E-state index contributed by atoms with van der Waals surface area (Å²) in [4.78, 5) is 23.2. The van der Waals surface area contributed by atoms with Crippen molar-refractivity contribution in [3.63, 3.8) is 0 Å². The van der Waals surface area contributed by atoms with Gasteiger partial charge >= 0.3 is 12.1 Å². The molecule has 1 aromatic heterocycles. The van der Waals surface area contributed by atoms with Crippen LogP contribution in [-0.2, 0) is 29.4 Å². The van der Waals surface area contributed by atoms with E-state index in [1.54, 1.807) is 0 Å². The van der Waals surface area contributed by atoms with Gasteiger partial charge < -0.3 is 20.2 Å². The molecule has 2 aliphatic heterocycles. The van der Waals surface area contributed by atoms with E-state index in [0.717, 1.165) is 66.2 Å². The van der Waals surface area contributed by atoms with Gasteiger partial charge in [0.05, 0.1) is 6.42 Å². The van der Waals surface area contributed by atoms with Crippen LogP contribution < -0.4 is 10.2 Å². The number of halogens is 5. The molecule has 7 nitrogen and oxygen atoms in total. The topological polar surface area (TPSA) is 81.6 Å². The van der Waals surface area contributed by atoms with Gasteiger partial charge in [-0.3, -0.25) is 4.79 Å². The number of carboxylic acids is 1. The fraction of sp³-hybridized carbons (Fsp3) is 0.414. The standard InChI is InChI=1S/C29H28F5N5O2/c1-28(11-25(40)41)14-39(24-10-22(31)21(30)9-19(24)28)26-20(29(32,33)34)12-35-27(37-26)36-23-8-17-13-38(2)6-5-16(17)7-18(23)15-3-4-15/h7-10,12,15H,3-6,11,13-14H2,1-2H3,(H,40,41)(H,35,36,37). The number of aromatic nitrogens is 2. The van der Waals surface area contributed by atoms with Crippen LogP contribution in [0.25, 0.3) is 0 Å². The maximum absolute atomic E-state index is 14.4. The number of nitrogens with one attached hydrogen (secondary N) is 1. The van der Waals surface area contributed by atoms with E-state index >= 15 is 0 Å². The van der Waals surface area contributed by atoms with Gasteiger partial charge in [0.2, 0.25) is 5.95 Å². The van der Waals surface area contributed by atoms with Crippen molar-refractivity contribution in [2.75, 3.05) is 30.4 Å². The van der Waals surface area contributed by atoms with Gasteiger partial charge in [-0.1, -0.05) is 13.0 Å². The van der Waals surface area contributed by atoms with Gasteiger partial charge in [-0.05, 0) is 66.6 Å². The second-order valence-electron chi connectivity index (χ2n) is 11.5. The van der Waals surface area contributed by atoms with E-state index in [-0.39, 0.29) is 23.7 Å². The van der Waals surface area contributed by atoms with Gasteiger partial charge in [0.1, 0.15) is 5.56 Å². The van der Waals surface area contributed by atoms with E-state index in [0.29, 0.717) is 12.1 Å². The number of alkyl halides is 3. The Hall–Kier alpha value is -3.80. The Kier molecular flexibility index (Phi) is 6.44. The number of anilines is 4. The van der Waals surface area contributed by atoms with E-state index in [1.807, 2.05) is 13.1 Å². The van der Waals surface area contributed by atoms with Crippen LogP contribution in [0, 0.1) is 11.6 Å². The first-order valence-corrected chi connectivity index (χ1v) is 13.4. The van der Waals surface area contributed by atoms with Crippen LogP contribution >= 0.6 is 0 Å². The Morgan fingerprint density at radius 1 is 1.15 bits per heavy atom. The summed E-state index contributed by atoms with van der Waals surface area (Å²) in [6, 6.07) is 5.82. The van der Waals surface area contributed by atoms with Crippen molar-refractivity contribution in [3.8, 4) is 0 Å². The fourth-order valence-corrected chi connectivity index (χ4v) is 6.01. The molecule has 0 bridgehead atoms. The lowest BCUT2D eigenvalue weighted by molar-refractivity contribution is -0.139. The lowest BCUT2D eigenvalue weighted by atomic mass is 9.81. The van der Waals surface area contributed by atoms with Crippen molar-refractivity contribution in [2.45, 2.75) is 56.7 Å². The van der Waals surface area contributed by atoms with Crippen LogP contribution in [0.4, 0.5) is 45.1 Å². The molecule has 3 aromatic rings. The van der Waals surface area contributed by atoms with E-state index in [1.165, 1.54) is 12.5 Å². The predicted octanol–water partition coefficient (Wildman–Crippen LogP) is 6.27. The van der Waals surface area contributed by atoms with Gasteiger partial charge in [-0.25, -0.2) is 13.8 Å². The second kappa shape index (κ2) is 9.64. The van der Waals surface area contributed by atoms with Crippen LogP contribution in [0.3, 0.4) is 0 Å². The summed E-state index contributed by atoms with van der Waals surface area (Å²) in [6.45, 7) is 2.90. The predicted molar refractivity (Wildman–Crippen MR) is 142 cm³/mol. The van der Waals surface area contributed by atoms with Crippen molar-refractivity contribution in [3.05, 3.63) is 69.9 Å². The minimum Gasteiger partial charge on any atom is -0.481 e. The van der Waals surface area contributed by atoms with Crippen molar-refractivity contribution in [1.82, 2.24) is 14.9 Å². The number of likely N-dealkylation sites (N-methyl/N-ethyl adjacent to an activating group) is 1. The van der Waals surface area contributed by atoms with Gasteiger partial charge in [0.15, 0.2) is 17.5 Å². The maximum atomic E-state index is 14.4. The van der Waals surface area contributed by atoms with E-state index in [2.05, 4.69) is 26.3 Å². The molecule has 3 heterocycles. The zero-order valence-corrected chi connectivity index (χ0v) is 22.4. The molecule has 2 N–H and O–H groups in total. The number of carboxylic acid groups (broad SMARTS) is 1. The molecule has 1 saturated carbocycles. The minimum atomic E-state index is -4.87. The Morgan fingerprint density at radius 3 is 2.56 bits per heavy atom. The van der Waals surface area contributed by atoms with Crippen LogP contribution in [0.15, 0.2) is 30.5 Å². The van der Waals surface area contributed by atoms with E-state index in [9.17, 15) is 31.9 Å². The SMILES string of the molecule is CN1CCc2cc(C3CC3)c(Nc3ncc(C(F)(F)F)c(N4CC(C)(CC(=O)O)c5cc(F)c(F)cc54)n3)cc2C1. The van der Waals surface area contributed by atoms with Crippen molar-refractivity contribution >= 4 is 29.1 Å². The molecule has 3 aliphatic rings. The Balaban J connectivity index is 1.45. The summed E-state index contributed by atoms with van der Waals surface area (Å²) in [5, 5.41) is 12.6. The first-order valence-electron chi connectivity index (χ1n) is 13.4. The molecule has 6 rings (SSSR count). The Bertz CT molecular complexity index is 1560. The van der Waals surface area contributed by atoms with Crippen molar-refractivity contribution in [2.24, 2.45) is 0 Å². The zero-order chi connectivity index (χ0) is 29.3. The molecule has 2 aromatic carbocycles.